The van der Waals surface area contributed by atoms with Gasteiger partial charge >= 0.3 is 6.18 Å². The molecule has 150 valence electrons. The number of fused-ring (bicyclic) bond motifs is 1. The van der Waals surface area contributed by atoms with E-state index >= 15 is 0 Å². The molecule has 0 saturated carbocycles. The summed E-state index contributed by atoms with van der Waals surface area (Å²) in [4.78, 5) is 12.1. The molecular weight excluding hydrogens is 393 g/mol. The molecule has 0 aliphatic carbocycles. The summed E-state index contributed by atoms with van der Waals surface area (Å²) in [5, 5.41) is 13.1. The number of nitrogens with zero attached hydrogens (tertiary/aromatic N) is 5. The second-order valence-corrected chi connectivity index (χ2v) is 6.61. The molecule has 9 heteroatoms. The van der Waals surface area contributed by atoms with Crippen molar-refractivity contribution in [1.29, 1.82) is 5.26 Å². The first-order chi connectivity index (χ1) is 14.4. The van der Waals surface area contributed by atoms with Crippen molar-refractivity contribution in [3.63, 3.8) is 0 Å². The maximum absolute atomic E-state index is 12.6. The number of hydrogen-bond donors (Lipinski definition) is 1. The molecule has 0 saturated heterocycles. The minimum Gasteiger partial charge on any atom is -0.366 e. The first kappa shape index (κ1) is 19.4. The molecule has 4 heterocycles. The van der Waals surface area contributed by atoms with Crippen LogP contribution in [0.1, 0.15) is 22.4 Å². The number of halogens is 3. The van der Waals surface area contributed by atoms with Gasteiger partial charge in [0.2, 0.25) is 0 Å². The molecular formula is C21H15F3N6. The van der Waals surface area contributed by atoms with Gasteiger partial charge in [0.15, 0.2) is 0 Å². The number of hydrogen-bond acceptors (Lipinski definition) is 5. The topological polar surface area (TPSA) is 79.4 Å². The van der Waals surface area contributed by atoms with E-state index in [9.17, 15) is 18.4 Å². The van der Waals surface area contributed by atoms with Crippen molar-refractivity contribution in [1.82, 2.24) is 19.5 Å². The van der Waals surface area contributed by atoms with Gasteiger partial charge in [-0.25, -0.2) is 9.97 Å². The van der Waals surface area contributed by atoms with Gasteiger partial charge in [0.05, 0.1) is 18.2 Å². The third-order valence-electron chi connectivity index (χ3n) is 4.55. The van der Waals surface area contributed by atoms with Crippen LogP contribution >= 0.6 is 0 Å². The fraction of sp³-hybridized carbons (Fsp3) is 0.143. The summed E-state index contributed by atoms with van der Waals surface area (Å²) >= 11 is 0. The van der Waals surface area contributed by atoms with Gasteiger partial charge in [-0.3, -0.25) is 4.98 Å². The standard InChI is InChI=1S/C21H15F3N6/c22-21(23,24)18-3-1-14(10-27-18)11-28-19-4-2-15(12-29-19)13-30-8-6-17-16(9-25)5-7-26-20(17)30/h1-8,10,12H,11,13H2,(H,28,29). The maximum atomic E-state index is 12.6. The zero-order chi connectivity index (χ0) is 21.1. The van der Waals surface area contributed by atoms with Crippen molar-refractivity contribution in [3.8, 4) is 6.07 Å². The Morgan fingerprint density at radius 2 is 1.77 bits per heavy atom. The molecule has 0 aliphatic heterocycles. The lowest BCUT2D eigenvalue weighted by Gasteiger charge is -2.09. The van der Waals surface area contributed by atoms with E-state index < -0.39 is 11.9 Å². The van der Waals surface area contributed by atoms with Gasteiger partial charge in [0, 0.05) is 36.7 Å². The van der Waals surface area contributed by atoms with Crippen LogP contribution in [-0.2, 0) is 19.3 Å². The van der Waals surface area contributed by atoms with Crippen molar-refractivity contribution in [3.05, 3.63) is 83.6 Å². The molecule has 0 amide bonds. The molecule has 0 atom stereocenters. The Morgan fingerprint density at radius 3 is 2.43 bits per heavy atom. The van der Waals surface area contributed by atoms with E-state index in [-0.39, 0.29) is 0 Å². The molecule has 6 nitrogen and oxygen atoms in total. The van der Waals surface area contributed by atoms with Gasteiger partial charge in [-0.15, -0.1) is 0 Å². The van der Waals surface area contributed by atoms with Crippen LogP contribution in [0.5, 0.6) is 0 Å². The van der Waals surface area contributed by atoms with E-state index in [1.165, 1.54) is 12.3 Å². The van der Waals surface area contributed by atoms with Crippen LogP contribution in [0, 0.1) is 11.3 Å². The fourth-order valence-electron chi connectivity index (χ4n) is 3.02. The number of rotatable bonds is 5. The predicted octanol–water partition coefficient (Wildman–Crippen LogP) is 4.38. The second-order valence-electron chi connectivity index (χ2n) is 6.61. The lowest BCUT2D eigenvalue weighted by atomic mass is 10.2. The molecule has 0 fully saturated rings. The number of pyridine rings is 3. The van der Waals surface area contributed by atoms with Crippen molar-refractivity contribution in [2.45, 2.75) is 19.3 Å². The minimum absolute atomic E-state index is 0.306. The van der Waals surface area contributed by atoms with Crippen LogP contribution in [0.3, 0.4) is 0 Å². The van der Waals surface area contributed by atoms with Crippen molar-refractivity contribution in [2.24, 2.45) is 0 Å². The van der Waals surface area contributed by atoms with Gasteiger partial charge in [0.1, 0.15) is 17.2 Å². The summed E-state index contributed by atoms with van der Waals surface area (Å²) in [7, 11) is 0. The molecule has 1 N–H and O–H groups in total. The molecule has 0 bridgehead atoms. The van der Waals surface area contributed by atoms with E-state index in [1.54, 1.807) is 24.5 Å². The highest BCUT2D eigenvalue weighted by molar-refractivity contribution is 5.82. The van der Waals surface area contributed by atoms with Crippen LogP contribution in [-0.4, -0.2) is 19.5 Å². The van der Waals surface area contributed by atoms with Crippen molar-refractivity contribution in [2.75, 3.05) is 5.32 Å². The molecule has 4 rings (SSSR count). The molecule has 0 spiro atoms. The number of nitriles is 1. The van der Waals surface area contributed by atoms with Gasteiger partial charge in [-0.1, -0.05) is 12.1 Å². The quantitative estimate of drug-likeness (QED) is 0.530. The van der Waals surface area contributed by atoms with Gasteiger partial charge < -0.3 is 9.88 Å². The average molecular weight is 408 g/mol. The molecule has 4 aromatic rings. The van der Waals surface area contributed by atoms with E-state index in [2.05, 4.69) is 26.3 Å². The lowest BCUT2D eigenvalue weighted by molar-refractivity contribution is -0.141. The molecule has 4 aromatic heterocycles. The number of anilines is 1. The number of nitrogens with one attached hydrogen (secondary N) is 1. The Bertz CT molecular complexity index is 1200. The van der Waals surface area contributed by atoms with Crippen LogP contribution in [0.25, 0.3) is 11.0 Å². The average Bonchev–Trinajstić information content (AvgIpc) is 3.16. The minimum atomic E-state index is -4.44. The molecule has 0 aliphatic rings. The summed E-state index contributed by atoms with van der Waals surface area (Å²) in [5.41, 5.74) is 1.95. The summed E-state index contributed by atoms with van der Waals surface area (Å²) in [6, 6.07) is 11.7. The summed E-state index contributed by atoms with van der Waals surface area (Å²) in [5.74, 6) is 0.598. The first-order valence-electron chi connectivity index (χ1n) is 8.99. The number of aromatic nitrogens is 4. The van der Waals surface area contributed by atoms with Gasteiger partial charge in [-0.05, 0) is 35.4 Å². The SMILES string of the molecule is N#Cc1ccnc2c1ccn2Cc1ccc(NCc2ccc(C(F)(F)F)nc2)nc1. The first-order valence-corrected chi connectivity index (χ1v) is 8.99. The van der Waals surface area contributed by atoms with Crippen molar-refractivity contribution < 1.29 is 13.2 Å². The zero-order valence-electron chi connectivity index (χ0n) is 15.6. The van der Waals surface area contributed by atoms with Crippen LogP contribution in [0.4, 0.5) is 19.0 Å². The van der Waals surface area contributed by atoms with E-state index in [0.717, 1.165) is 22.7 Å². The highest BCUT2D eigenvalue weighted by Gasteiger charge is 2.31. The Morgan fingerprint density at radius 1 is 0.967 bits per heavy atom. The fourth-order valence-corrected chi connectivity index (χ4v) is 3.02. The van der Waals surface area contributed by atoms with E-state index in [4.69, 9.17) is 0 Å². The lowest BCUT2D eigenvalue weighted by Crippen LogP contribution is -2.09. The van der Waals surface area contributed by atoms with Crippen LogP contribution in [0.15, 0.2) is 61.2 Å². The zero-order valence-corrected chi connectivity index (χ0v) is 15.6. The normalized spacial score (nSPS) is 11.4. The van der Waals surface area contributed by atoms with Crippen molar-refractivity contribution >= 4 is 16.9 Å². The second kappa shape index (κ2) is 7.83. The Balaban J connectivity index is 1.41. The summed E-state index contributed by atoms with van der Waals surface area (Å²) in [6.45, 7) is 0.849. The predicted molar refractivity (Wildman–Crippen MR) is 104 cm³/mol. The summed E-state index contributed by atoms with van der Waals surface area (Å²) < 4.78 is 39.6. The van der Waals surface area contributed by atoms with Gasteiger partial charge in [0.25, 0.3) is 0 Å². The monoisotopic (exact) mass is 408 g/mol. The largest absolute Gasteiger partial charge is 0.433 e. The third-order valence-corrected chi connectivity index (χ3v) is 4.55. The maximum Gasteiger partial charge on any atom is 0.433 e. The highest BCUT2D eigenvalue weighted by Crippen LogP contribution is 2.27. The highest BCUT2D eigenvalue weighted by atomic mass is 19.4. The summed E-state index contributed by atoms with van der Waals surface area (Å²) in [6.07, 6.45) is 1.96. The Kier molecular flexibility index (Phi) is 5.06. The van der Waals surface area contributed by atoms with E-state index in [0.29, 0.717) is 30.0 Å². The van der Waals surface area contributed by atoms with Crippen LogP contribution < -0.4 is 5.32 Å². The molecule has 0 radical (unpaired) electrons. The third kappa shape index (κ3) is 4.07. The Labute approximate surface area is 169 Å². The Hall–Kier alpha value is -3.93. The van der Waals surface area contributed by atoms with Gasteiger partial charge in [-0.2, -0.15) is 18.4 Å². The number of alkyl halides is 3. The molecule has 0 aromatic carbocycles. The van der Waals surface area contributed by atoms with E-state index in [1.807, 2.05) is 22.9 Å². The smallest absolute Gasteiger partial charge is 0.366 e. The molecule has 30 heavy (non-hydrogen) atoms. The molecule has 0 unspecified atom stereocenters. The van der Waals surface area contributed by atoms with Crippen LogP contribution in [0.2, 0.25) is 0 Å².